The summed E-state index contributed by atoms with van der Waals surface area (Å²) in [5.74, 6) is 0. The van der Waals surface area contributed by atoms with E-state index in [1.165, 1.54) is 196 Å². The lowest BCUT2D eigenvalue weighted by atomic mass is 10.1. The van der Waals surface area contributed by atoms with E-state index >= 15 is 0 Å². The van der Waals surface area contributed by atoms with Crippen molar-refractivity contribution in [3.05, 3.63) is 98.1 Å². The Kier molecular flexibility index (Phi) is 24.9. The van der Waals surface area contributed by atoms with Crippen LogP contribution in [-0.4, -0.2) is 0 Å². The van der Waals surface area contributed by atoms with E-state index in [4.69, 9.17) is 0 Å². The van der Waals surface area contributed by atoms with Gasteiger partial charge in [-0.2, -0.15) is 0 Å². The van der Waals surface area contributed by atoms with E-state index in [9.17, 15) is 0 Å². The molecular weight excluding hydrogens is 693 g/mol. The van der Waals surface area contributed by atoms with Crippen molar-refractivity contribution in [1.82, 2.24) is 0 Å². The number of aryl methyl sites for hydroxylation is 4. The molecule has 4 rings (SSSR count). The molecule has 57 heavy (non-hydrogen) atoms. The molecule has 4 nitrogen and oxygen atoms in total. The zero-order chi connectivity index (χ0) is 39.9. The van der Waals surface area contributed by atoms with Crippen molar-refractivity contribution in [2.45, 2.75) is 213 Å². The average Bonchev–Trinajstić information content (AvgIpc) is 3.25. The van der Waals surface area contributed by atoms with Crippen LogP contribution in [0.25, 0.3) is 22.3 Å². The standard InChI is InChI=1S/C53H84N4/c1-3-5-7-9-11-13-15-17-19-21-23-26-38-54-42-30-50(31-43-54)52-34-46-56(47-35-52)40-28-25-29-41-57-48-36-53(37-49-57)51-32-44-55(45-33-51)39-27-24-22-20-18-16-14-12-10-8-6-4-2/h30-37,42-49H,3-29,38-41H2,1-2H3/q+4. The molecule has 0 amide bonds. The maximum absolute atomic E-state index is 2.35. The molecule has 312 valence electrons. The predicted molar refractivity (Wildman–Crippen MR) is 241 cm³/mol. The highest BCUT2D eigenvalue weighted by Crippen LogP contribution is 2.18. The zero-order valence-corrected chi connectivity index (χ0v) is 36.9. The Morgan fingerprint density at radius 2 is 0.386 bits per heavy atom. The second kappa shape index (κ2) is 30.6. The lowest BCUT2D eigenvalue weighted by molar-refractivity contribution is -0.701. The van der Waals surface area contributed by atoms with Crippen molar-refractivity contribution in [2.24, 2.45) is 0 Å². The highest BCUT2D eigenvalue weighted by atomic mass is 14.9. The van der Waals surface area contributed by atoms with Crippen LogP contribution >= 0.6 is 0 Å². The number of unbranched alkanes of at least 4 members (excludes halogenated alkanes) is 24. The summed E-state index contributed by atoms with van der Waals surface area (Å²) >= 11 is 0. The Balaban J connectivity index is 1.01. The Bertz CT molecular complexity index is 1390. The summed E-state index contributed by atoms with van der Waals surface area (Å²) in [6.07, 6.45) is 55.4. The van der Waals surface area contributed by atoms with Gasteiger partial charge >= 0.3 is 0 Å². The van der Waals surface area contributed by atoms with Gasteiger partial charge in [0, 0.05) is 74.2 Å². The summed E-state index contributed by atoms with van der Waals surface area (Å²) < 4.78 is 9.39. The monoisotopic (exact) mass is 777 g/mol. The normalized spacial score (nSPS) is 11.4. The van der Waals surface area contributed by atoms with Crippen LogP contribution in [0, 0.1) is 0 Å². The summed E-state index contributed by atoms with van der Waals surface area (Å²) in [5, 5.41) is 0. The van der Waals surface area contributed by atoms with Crippen LogP contribution in [0.15, 0.2) is 98.1 Å². The second-order valence-electron chi connectivity index (χ2n) is 17.1. The number of rotatable bonds is 34. The molecule has 0 aliphatic rings. The number of hydrogen-bond donors (Lipinski definition) is 0. The molecule has 0 bridgehead atoms. The van der Waals surface area contributed by atoms with E-state index in [1.807, 2.05) is 0 Å². The van der Waals surface area contributed by atoms with Crippen molar-refractivity contribution in [2.75, 3.05) is 0 Å². The van der Waals surface area contributed by atoms with E-state index in [0.29, 0.717) is 0 Å². The topological polar surface area (TPSA) is 15.5 Å². The first kappa shape index (κ1) is 46.3. The molecule has 0 aliphatic heterocycles. The zero-order valence-electron chi connectivity index (χ0n) is 36.9. The third-order valence-electron chi connectivity index (χ3n) is 12.1. The minimum absolute atomic E-state index is 1.07. The molecule has 0 aliphatic carbocycles. The third kappa shape index (κ3) is 20.7. The predicted octanol–water partition coefficient (Wildman–Crippen LogP) is 13.4. The molecule has 4 aromatic rings. The minimum atomic E-state index is 1.07. The van der Waals surface area contributed by atoms with Gasteiger partial charge < -0.3 is 0 Å². The molecule has 4 aromatic heterocycles. The number of nitrogens with zero attached hydrogens (tertiary/aromatic N) is 4. The van der Waals surface area contributed by atoms with E-state index < -0.39 is 0 Å². The van der Waals surface area contributed by atoms with Gasteiger partial charge in [0.2, 0.25) is 0 Å². The maximum Gasteiger partial charge on any atom is 0.169 e. The Morgan fingerprint density at radius 1 is 0.228 bits per heavy atom. The summed E-state index contributed by atoms with van der Waals surface area (Å²) in [6.45, 7) is 9.00. The summed E-state index contributed by atoms with van der Waals surface area (Å²) in [5.41, 5.74) is 5.20. The van der Waals surface area contributed by atoms with Crippen molar-refractivity contribution < 1.29 is 18.3 Å². The Morgan fingerprint density at radius 3 is 0.579 bits per heavy atom. The van der Waals surface area contributed by atoms with Gasteiger partial charge in [-0.05, 0) is 41.5 Å². The lowest BCUT2D eigenvalue weighted by Gasteiger charge is -2.03. The third-order valence-corrected chi connectivity index (χ3v) is 12.1. The van der Waals surface area contributed by atoms with Gasteiger partial charge in [-0.1, -0.05) is 142 Å². The first-order valence-corrected chi connectivity index (χ1v) is 24.2. The molecule has 0 atom stereocenters. The molecule has 0 aromatic carbocycles. The molecular formula is C53H84N4+4. The first-order chi connectivity index (χ1) is 28.2. The van der Waals surface area contributed by atoms with Gasteiger partial charge in [0.1, 0.15) is 26.2 Å². The van der Waals surface area contributed by atoms with Crippen LogP contribution < -0.4 is 18.3 Å². The molecule has 4 heterocycles. The fraction of sp³-hybridized carbons (Fsp3) is 0.623. The largest absolute Gasteiger partial charge is 0.205 e. The van der Waals surface area contributed by atoms with Gasteiger partial charge in [-0.3, -0.25) is 0 Å². The molecule has 0 saturated heterocycles. The van der Waals surface area contributed by atoms with Gasteiger partial charge in [-0.25, -0.2) is 18.3 Å². The van der Waals surface area contributed by atoms with Gasteiger partial charge in [-0.15, -0.1) is 0 Å². The molecule has 0 unspecified atom stereocenters. The molecule has 0 N–H and O–H groups in total. The van der Waals surface area contributed by atoms with Crippen LogP contribution in [0.3, 0.4) is 0 Å². The van der Waals surface area contributed by atoms with Crippen LogP contribution in [0.1, 0.15) is 187 Å². The average molecular weight is 777 g/mol. The van der Waals surface area contributed by atoms with Crippen LogP contribution in [0.5, 0.6) is 0 Å². The van der Waals surface area contributed by atoms with E-state index in [2.05, 4.69) is 130 Å². The number of hydrogen-bond acceptors (Lipinski definition) is 0. The molecule has 0 fully saturated rings. The molecule has 4 heteroatoms. The highest BCUT2D eigenvalue weighted by Gasteiger charge is 2.09. The van der Waals surface area contributed by atoms with E-state index in [-0.39, 0.29) is 0 Å². The molecule has 0 radical (unpaired) electrons. The fourth-order valence-electron chi connectivity index (χ4n) is 8.23. The second-order valence-corrected chi connectivity index (χ2v) is 17.1. The molecule has 0 spiro atoms. The highest BCUT2D eigenvalue weighted by molar-refractivity contribution is 5.61. The Labute approximate surface area is 350 Å². The van der Waals surface area contributed by atoms with Gasteiger partial charge in [0.25, 0.3) is 0 Å². The van der Waals surface area contributed by atoms with Crippen LogP contribution in [0.2, 0.25) is 0 Å². The Hall–Kier alpha value is -3.40. The first-order valence-electron chi connectivity index (χ1n) is 24.2. The van der Waals surface area contributed by atoms with Crippen molar-refractivity contribution in [3.63, 3.8) is 0 Å². The van der Waals surface area contributed by atoms with Crippen molar-refractivity contribution in [1.29, 1.82) is 0 Å². The van der Waals surface area contributed by atoms with Gasteiger partial charge in [0.15, 0.2) is 49.6 Å². The SMILES string of the molecule is CCCCCCCCCCCCCC[n+]1ccc(-c2cc[n+](CCCCC[n+]3ccc(-c4cc[n+](CCCCCCCCCCCCCC)cc4)cc3)cc2)cc1. The minimum Gasteiger partial charge on any atom is -0.205 e. The van der Waals surface area contributed by atoms with Crippen LogP contribution in [0.4, 0.5) is 0 Å². The summed E-state index contributed by atoms with van der Waals surface area (Å²) in [7, 11) is 0. The number of pyridine rings is 4. The van der Waals surface area contributed by atoms with Crippen molar-refractivity contribution >= 4 is 0 Å². The van der Waals surface area contributed by atoms with Gasteiger partial charge in [0.05, 0.1) is 0 Å². The van der Waals surface area contributed by atoms with Crippen molar-refractivity contribution in [3.8, 4) is 22.3 Å². The van der Waals surface area contributed by atoms with E-state index in [0.717, 1.165) is 26.2 Å². The lowest BCUT2D eigenvalue weighted by Crippen LogP contribution is -2.34. The molecule has 0 saturated carbocycles. The summed E-state index contributed by atoms with van der Waals surface area (Å²) in [6, 6.07) is 18.2. The smallest absolute Gasteiger partial charge is 0.169 e. The fourth-order valence-corrected chi connectivity index (χ4v) is 8.23. The quantitative estimate of drug-likeness (QED) is 0.0332. The van der Waals surface area contributed by atoms with Crippen LogP contribution in [-0.2, 0) is 26.2 Å². The number of aromatic nitrogens is 4. The summed E-state index contributed by atoms with van der Waals surface area (Å²) in [4.78, 5) is 0. The maximum atomic E-state index is 2.35. The van der Waals surface area contributed by atoms with E-state index in [1.54, 1.807) is 0 Å².